The maximum atomic E-state index is 12.1. The molecule has 0 amide bonds. The second-order valence-corrected chi connectivity index (χ2v) is 5.32. The van der Waals surface area contributed by atoms with Gasteiger partial charge in [-0.1, -0.05) is 29.8 Å². The van der Waals surface area contributed by atoms with Gasteiger partial charge >= 0.3 is 0 Å². The van der Waals surface area contributed by atoms with Crippen molar-refractivity contribution in [2.24, 2.45) is 0 Å². The minimum atomic E-state index is 0.282. The van der Waals surface area contributed by atoms with E-state index in [-0.39, 0.29) is 5.78 Å². The first kappa shape index (κ1) is 13.2. The first-order chi connectivity index (χ1) is 8.69. The molecule has 18 heavy (non-hydrogen) atoms. The van der Waals surface area contributed by atoms with Gasteiger partial charge in [0.2, 0.25) is 5.78 Å². The van der Waals surface area contributed by atoms with E-state index in [1.807, 2.05) is 31.2 Å². The number of hydrogen-bond acceptors (Lipinski definition) is 1. The Morgan fingerprint density at radius 3 is 2.17 bits per heavy atom. The van der Waals surface area contributed by atoms with Crippen molar-refractivity contribution in [1.29, 1.82) is 0 Å². The summed E-state index contributed by atoms with van der Waals surface area (Å²) in [5, 5.41) is 0. The van der Waals surface area contributed by atoms with Gasteiger partial charge in [-0.2, -0.15) is 0 Å². The first-order valence-electron chi connectivity index (χ1n) is 6.96. The van der Waals surface area contributed by atoms with Crippen LogP contribution in [0.15, 0.2) is 24.3 Å². The molecule has 1 saturated heterocycles. The Bertz CT molecular complexity index is 391. The van der Waals surface area contributed by atoms with Gasteiger partial charge in [0.1, 0.15) is 32.7 Å². The van der Waals surface area contributed by atoms with Crippen LogP contribution in [0.5, 0.6) is 0 Å². The number of nitrogens with one attached hydrogen (secondary N) is 2. The van der Waals surface area contributed by atoms with Crippen molar-refractivity contribution in [3.63, 3.8) is 0 Å². The van der Waals surface area contributed by atoms with Gasteiger partial charge in [0.25, 0.3) is 0 Å². The fourth-order valence-electron chi connectivity index (χ4n) is 2.56. The molecule has 0 aromatic heterocycles. The van der Waals surface area contributed by atoms with Crippen molar-refractivity contribution in [1.82, 2.24) is 0 Å². The van der Waals surface area contributed by atoms with Gasteiger partial charge in [-0.05, 0) is 13.8 Å². The molecule has 3 heteroatoms. The summed E-state index contributed by atoms with van der Waals surface area (Å²) in [5.74, 6) is 0.282. The van der Waals surface area contributed by atoms with Gasteiger partial charge < -0.3 is 9.80 Å². The van der Waals surface area contributed by atoms with Gasteiger partial charge in [0.05, 0.1) is 6.54 Å². The number of piperazine rings is 1. The molecule has 98 valence electrons. The van der Waals surface area contributed by atoms with Gasteiger partial charge in [0, 0.05) is 5.56 Å². The third-order valence-electron chi connectivity index (χ3n) is 3.95. The molecule has 0 atom stereocenters. The van der Waals surface area contributed by atoms with Crippen LogP contribution in [0.4, 0.5) is 0 Å². The number of ketones is 1. The Hall–Kier alpha value is -1.19. The van der Waals surface area contributed by atoms with E-state index < -0.39 is 0 Å². The van der Waals surface area contributed by atoms with Crippen LogP contribution in [-0.2, 0) is 0 Å². The van der Waals surface area contributed by atoms with Crippen molar-refractivity contribution < 1.29 is 14.6 Å². The van der Waals surface area contributed by atoms with E-state index in [1.54, 1.807) is 4.90 Å². The molecule has 2 N–H and O–H groups in total. The van der Waals surface area contributed by atoms with Gasteiger partial charge in [-0.3, -0.25) is 4.79 Å². The van der Waals surface area contributed by atoms with E-state index in [1.165, 1.54) is 30.1 Å². The summed E-state index contributed by atoms with van der Waals surface area (Å²) in [6, 6.07) is 7.93. The summed E-state index contributed by atoms with van der Waals surface area (Å²) in [5.41, 5.74) is 2.07. The second-order valence-electron chi connectivity index (χ2n) is 5.32. The molecule has 1 aromatic carbocycles. The number of quaternary nitrogens is 2. The lowest BCUT2D eigenvalue weighted by Crippen LogP contribution is -3.28. The highest BCUT2D eigenvalue weighted by atomic mass is 16.1. The molecule has 2 rings (SSSR count). The van der Waals surface area contributed by atoms with Crippen LogP contribution in [0, 0.1) is 6.92 Å². The van der Waals surface area contributed by atoms with Crippen LogP contribution in [0.25, 0.3) is 0 Å². The number of aryl methyl sites for hydroxylation is 1. The molecular weight excluding hydrogens is 224 g/mol. The minimum Gasteiger partial charge on any atom is -0.326 e. The van der Waals surface area contributed by atoms with Crippen LogP contribution in [0.2, 0.25) is 0 Å². The average molecular weight is 248 g/mol. The predicted molar refractivity (Wildman–Crippen MR) is 72.3 cm³/mol. The van der Waals surface area contributed by atoms with Crippen molar-refractivity contribution in [3.05, 3.63) is 35.4 Å². The molecule has 1 aromatic rings. The maximum Gasteiger partial charge on any atom is 0.216 e. The highest BCUT2D eigenvalue weighted by Crippen LogP contribution is 2.02. The Balaban J connectivity index is 1.86. The van der Waals surface area contributed by atoms with Crippen molar-refractivity contribution in [2.75, 3.05) is 39.3 Å². The number of carbonyl (C=O) groups is 1. The summed E-state index contributed by atoms with van der Waals surface area (Å²) in [4.78, 5) is 15.3. The highest BCUT2D eigenvalue weighted by Gasteiger charge is 2.23. The molecule has 0 aliphatic carbocycles. The molecule has 0 saturated carbocycles. The predicted octanol–water partition coefficient (Wildman–Crippen LogP) is -1.02. The highest BCUT2D eigenvalue weighted by molar-refractivity contribution is 5.96. The van der Waals surface area contributed by atoms with E-state index >= 15 is 0 Å². The topological polar surface area (TPSA) is 26.0 Å². The summed E-state index contributed by atoms with van der Waals surface area (Å²) in [6.45, 7) is 10.8. The van der Waals surface area contributed by atoms with Crippen molar-refractivity contribution in [3.8, 4) is 0 Å². The van der Waals surface area contributed by atoms with E-state index in [0.717, 1.165) is 18.7 Å². The number of rotatable bonds is 4. The Morgan fingerprint density at radius 2 is 1.61 bits per heavy atom. The van der Waals surface area contributed by atoms with E-state index in [9.17, 15) is 4.79 Å². The monoisotopic (exact) mass is 248 g/mol. The van der Waals surface area contributed by atoms with Crippen LogP contribution in [-0.4, -0.2) is 45.1 Å². The summed E-state index contributed by atoms with van der Waals surface area (Å²) in [6.07, 6.45) is 0. The molecule has 0 spiro atoms. The lowest BCUT2D eigenvalue weighted by Gasteiger charge is -2.28. The van der Waals surface area contributed by atoms with Crippen LogP contribution in [0.3, 0.4) is 0 Å². The lowest BCUT2D eigenvalue weighted by atomic mass is 10.1. The Labute approximate surface area is 109 Å². The molecule has 0 bridgehead atoms. The largest absolute Gasteiger partial charge is 0.326 e. The molecule has 0 radical (unpaired) electrons. The van der Waals surface area contributed by atoms with E-state index in [0.29, 0.717) is 6.54 Å². The quantitative estimate of drug-likeness (QED) is 0.656. The zero-order valence-electron chi connectivity index (χ0n) is 11.5. The first-order valence-corrected chi connectivity index (χ1v) is 6.96. The standard InChI is InChI=1S/C15H22N2O/c1-3-16-8-10-17(11-9-16)12-15(18)14-6-4-13(2)5-7-14/h4-7H,3,8-12H2,1-2H3/p+2. The summed E-state index contributed by atoms with van der Waals surface area (Å²) < 4.78 is 0. The van der Waals surface area contributed by atoms with E-state index in [2.05, 4.69) is 6.92 Å². The smallest absolute Gasteiger partial charge is 0.216 e. The number of hydrogen-bond donors (Lipinski definition) is 2. The maximum absolute atomic E-state index is 12.1. The summed E-state index contributed by atoms with van der Waals surface area (Å²) in [7, 11) is 0. The fourth-order valence-corrected chi connectivity index (χ4v) is 2.56. The Morgan fingerprint density at radius 1 is 1.06 bits per heavy atom. The Kier molecular flexibility index (Phi) is 4.50. The second kappa shape index (κ2) is 6.12. The zero-order valence-corrected chi connectivity index (χ0v) is 11.5. The van der Waals surface area contributed by atoms with Crippen molar-refractivity contribution in [2.45, 2.75) is 13.8 Å². The minimum absolute atomic E-state index is 0.282. The molecule has 0 unspecified atom stereocenters. The summed E-state index contributed by atoms with van der Waals surface area (Å²) >= 11 is 0. The third kappa shape index (κ3) is 3.40. The molecule has 1 aliphatic heterocycles. The number of likely N-dealkylation sites (N-methyl/N-ethyl adjacent to an activating group) is 1. The van der Waals surface area contributed by atoms with Crippen LogP contribution < -0.4 is 9.80 Å². The molecule has 1 fully saturated rings. The molecule has 3 nitrogen and oxygen atoms in total. The number of Topliss-reactive ketones (excluding diaryl/α,β-unsaturated/α-hetero) is 1. The van der Waals surface area contributed by atoms with Crippen LogP contribution in [0.1, 0.15) is 22.8 Å². The molecule has 1 aliphatic rings. The zero-order chi connectivity index (χ0) is 13.0. The van der Waals surface area contributed by atoms with Crippen molar-refractivity contribution >= 4 is 5.78 Å². The van der Waals surface area contributed by atoms with Gasteiger partial charge in [-0.15, -0.1) is 0 Å². The fraction of sp³-hybridized carbons (Fsp3) is 0.533. The third-order valence-corrected chi connectivity index (χ3v) is 3.95. The number of benzene rings is 1. The average Bonchev–Trinajstić information content (AvgIpc) is 2.40. The molecular formula is C15H24N2O+2. The SMILES string of the molecule is CC[NH+]1CC[NH+](CC(=O)c2ccc(C)cc2)CC1. The molecule has 1 heterocycles. The van der Waals surface area contributed by atoms with Gasteiger partial charge in [-0.25, -0.2) is 0 Å². The normalized spacial score (nSPS) is 23.9. The number of carbonyl (C=O) groups excluding carboxylic acids is 1. The van der Waals surface area contributed by atoms with Crippen LogP contribution >= 0.6 is 0 Å². The van der Waals surface area contributed by atoms with E-state index in [4.69, 9.17) is 0 Å². The lowest BCUT2D eigenvalue weighted by molar-refractivity contribution is -1.01. The van der Waals surface area contributed by atoms with Gasteiger partial charge in [0.15, 0.2) is 0 Å².